The molecule has 0 unspecified atom stereocenters. The second-order valence-corrected chi connectivity index (χ2v) is 5.78. The highest BCUT2D eigenvalue weighted by Gasteiger charge is 2.08. The van der Waals surface area contributed by atoms with Crippen molar-refractivity contribution in [2.24, 2.45) is 0 Å². The number of anilines is 2. The van der Waals surface area contributed by atoms with Gasteiger partial charge in [0.05, 0.1) is 11.6 Å². The Bertz CT molecular complexity index is 769. The Balaban J connectivity index is 1.50. The van der Waals surface area contributed by atoms with Crippen molar-refractivity contribution in [2.45, 2.75) is 13.0 Å². The van der Waals surface area contributed by atoms with Crippen LogP contribution in [0.4, 0.5) is 11.8 Å². The Labute approximate surface area is 141 Å². The van der Waals surface area contributed by atoms with Gasteiger partial charge >= 0.3 is 0 Å². The number of rotatable bonds is 8. The SMILES string of the molecule is CNc1nc(NCCCN(C)Cc2ccccc2)c2cn[nH]c2n1. The van der Waals surface area contributed by atoms with Crippen LogP contribution in [0.15, 0.2) is 36.5 Å². The van der Waals surface area contributed by atoms with E-state index in [4.69, 9.17) is 0 Å². The quantitative estimate of drug-likeness (QED) is 0.552. The molecule has 3 rings (SSSR count). The van der Waals surface area contributed by atoms with E-state index in [-0.39, 0.29) is 0 Å². The normalized spacial score (nSPS) is 11.1. The zero-order valence-electron chi connectivity index (χ0n) is 14.1. The van der Waals surface area contributed by atoms with Gasteiger partial charge in [-0.3, -0.25) is 5.10 Å². The molecule has 0 atom stereocenters. The van der Waals surface area contributed by atoms with E-state index >= 15 is 0 Å². The minimum atomic E-state index is 0.579. The maximum absolute atomic E-state index is 4.47. The van der Waals surface area contributed by atoms with E-state index in [1.165, 1.54) is 5.56 Å². The zero-order chi connectivity index (χ0) is 16.8. The molecule has 0 aliphatic rings. The van der Waals surface area contributed by atoms with Crippen LogP contribution in [0.5, 0.6) is 0 Å². The highest BCUT2D eigenvalue weighted by molar-refractivity contribution is 5.86. The Morgan fingerprint density at radius 1 is 1.17 bits per heavy atom. The molecule has 0 spiro atoms. The van der Waals surface area contributed by atoms with E-state index in [0.717, 1.165) is 42.9 Å². The number of hydrogen-bond donors (Lipinski definition) is 3. The molecule has 0 radical (unpaired) electrons. The van der Waals surface area contributed by atoms with Crippen molar-refractivity contribution in [3.8, 4) is 0 Å². The summed E-state index contributed by atoms with van der Waals surface area (Å²) < 4.78 is 0. The summed E-state index contributed by atoms with van der Waals surface area (Å²) in [6.07, 6.45) is 2.78. The molecule has 126 valence electrons. The van der Waals surface area contributed by atoms with Gasteiger partial charge in [0.2, 0.25) is 5.95 Å². The monoisotopic (exact) mass is 325 g/mol. The third kappa shape index (κ3) is 3.99. The summed E-state index contributed by atoms with van der Waals surface area (Å²) in [6.45, 7) is 2.82. The van der Waals surface area contributed by atoms with Gasteiger partial charge in [0.25, 0.3) is 0 Å². The molecule has 7 heteroatoms. The Kier molecular flexibility index (Phi) is 5.22. The predicted molar refractivity (Wildman–Crippen MR) is 97.1 cm³/mol. The summed E-state index contributed by atoms with van der Waals surface area (Å²) in [6, 6.07) is 10.5. The van der Waals surface area contributed by atoms with Crippen LogP contribution in [0, 0.1) is 0 Å². The first-order valence-electron chi connectivity index (χ1n) is 8.11. The molecule has 1 aromatic carbocycles. The Morgan fingerprint density at radius 2 is 2.00 bits per heavy atom. The minimum absolute atomic E-state index is 0.579. The van der Waals surface area contributed by atoms with E-state index in [1.54, 1.807) is 13.2 Å². The second kappa shape index (κ2) is 7.74. The standard InChI is InChI=1S/C17H23N7/c1-18-17-21-15(14-11-20-23-16(14)22-17)19-9-6-10-24(2)12-13-7-4-3-5-8-13/h3-5,7-8,11H,6,9-10,12H2,1-2H3,(H3,18,19,20,21,22,23). The fourth-order valence-electron chi connectivity index (χ4n) is 2.61. The lowest BCUT2D eigenvalue weighted by Gasteiger charge is -2.17. The van der Waals surface area contributed by atoms with Crippen LogP contribution in [-0.2, 0) is 6.54 Å². The third-order valence-corrected chi connectivity index (χ3v) is 3.84. The number of hydrogen-bond acceptors (Lipinski definition) is 6. The molecule has 0 aliphatic heterocycles. The minimum Gasteiger partial charge on any atom is -0.369 e. The van der Waals surface area contributed by atoms with Crippen molar-refractivity contribution >= 4 is 22.8 Å². The van der Waals surface area contributed by atoms with Crippen molar-refractivity contribution in [1.82, 2.24) is 25.1 Å². The van der Waals surface area contributed by atoms with Gasteiger partial charge in [-0.05, 0) is 25.6 Å². The number of benzene rings is 1. The Hall–Kier alpha value is -2.67. The van der Waals surface area contributed by atoms with Crippen LogP contribution in [0.3, 0.4) is 0 Å². The van der Waals surface area contributed by atoms with Crippen molar-refractivity contribution in [2.75, 3.05) is 37.8 Å². The Morgan fingerprint density at radius 3 is 2.79 bits per heavy atom. The molecule has 24 heavy (non-hydrogen) atoms. The lowest BCUT2D eigenvalue weighted by molar-refractivity contribution is 0.325. The van der Waals surface area contributed by atoms with Crippen molar-refractivity contribution in [3.63, 3.8) is 0 Å². The number of fused-ring (bicyclic) bond motifs is 1. The average Bonchev–Trinajstić information content (AvgIpc) is 3.08. The molecule has 0 fully saturated rings. The molecule has 0 bridgehead atoms. The van der Waals surface area contributed by atoms with Gasteiger partial charge in [-0.2, -0.15) is 15.1 Å². The lowest BCUT2D eigenvalue weighted by atomic mass is 10.2. The average molecular weight is 325 g/mol. The molecule has 7 nitrogen and oxygen atoms in total. The van der Waals surface area contributed by atoms with Gasteiger partial charge in [0.15, 0.2) is 5.65 Å². The number of aromatic amines is 1. The molecule has 2 heterocycles. The predicted octanol–water partition coefficient (Wildman–Crippen LogP) is 2.33. The van der Waals surface area contributed by atoms with E-state index in [2.05, 4.69) is 67.0 Å². The van der Waals surface area contributed by atoms with Crippen LogP contribution in [-0.4, -0.2) is 52.3 Å². The first-order chi connectivity index (χ1) is 11.8. The van der Waals surface area contributed by atoms with Gasteiger partial charge in [-0.1, -0.05) is 30.3 Å². The van der Waals surface area contributed by atoms with Crippen molar-refractivity contribution in [3.05, 3.63) is 42.1 Å². The summed E-state index contributed by atoms with van der Waals surface area (Å²) >= 11 is 0. The fourth-order valence-corrected chi connectivity index (χ4v) is 2.61. The number of nitrogens with zero attached hydrogens (tertiary/aromatic N) is 4. The molecule has 3 N–H and O–H groups in total. The summed E-state index contributed by atoms with van der Waals surface area (Å²) in [5.41, 5.74) is 2.07. The first-order valence-corrected chi connectivity index (χ1v) is 8.11. The summed E-state index contributed by atoms with van der Waals surface area (Å²) in [5, 5.41) is 14.2. The molecular formula is C17H23N7. The second-order valence-electron chi connectivity index (χ2n) is 5.78. The maximum Gasteiger partial charge on any atom is 0.226 e. The van der Waals surface area contributed by atoms with Gasteiger partial charge in [-0.25, -0.2) is 0 Å². The van der Waals surface area contributed by atoms with Gasteiger partial charge in [0, 0.05) is 20.1 Å². The van der Waals surface area contributed by atoms with Crippen LogP contribution in [0.25, 0.3) is 11.0 Å². The topological polar surface area (TPSA) is 81.8 Å². The van der Waals surface area contributed by atoms with Crippen molar-refractivity contribution < 1.29 is 0 Å². The molecule has 0 saturated heterocycles. The van der Waals surface area contributed by atoms with Crippen molar-refractivity contribution in [1.29, 1.82) is 0 Å². The molecule has 0 aliphatic carbocycles. The smallest absolute Gasteiger partial charge is 0.226 e. The fraction of sp³-hybridized carbons (Fsp3) is 0.353. The highest BCUT2D eigenvalue weighted by atomic mass is 15.2. The zero-order valence-corrected chi connectivity index (χ0v) is 14.1. The van der Waals surface area contributed by atoms with Crippen LogP contribution in [0.1, 0.15) is 12.0 Å². The summed E-state index contributed by atoms with van der Waals surface area (Å²) in [5.74, 6) is 1.39. The van der Waals surface area contributed by atoms with Gasteiger partial charge < -0.3 is 15.5 Å². The molecule has 3 aromatic rings. The lowest BCUT2D eigenvalue weighted by Crippen LogP contribution is -2.21. The largest absolute Gasteiger partial charge is 0.369 e. The third-order valence-electron chi connectivity index (χ3n) is 3.84. The van der Waals surface area contributed by atoms with Crippen LogP contribution in [0.2, 0.25) is 0 Å². The van der Waals surface area contributed by atoms with E-state index in [0.29, 0.717) is 5.95 Å². The number of aromatic nitrogens is 4. The first kappa shape index (κ1) is 16.2. The molecule has 0 amide bonds. The summed E-state index contributed by atoms with van der Waals surface area (Å²) in [4.78, 5) is 11.1. The molecule has 2 aromatic heterocycles. The van der Waals surface area contributed by atoms with E-state index < -0.39 is 0 Å². The van der Waals surface area contributed by atoms with Crippen LogP contribution >= 0.6 is 0 Å². The van der Waals surface area contributed by atoms with Gasteiger partial charge in [-0.15, -0.1) is 0 Å². The number of H-pyrrole nitrogens is 1. The molecular weight excluding hydrogens is 302 g/mol. The van der Waals surface area contributed by atoms with E-state index in [1.807, 2.05) is 6.07 Å². The van der Waals surface area contributed by atoms with E-state index in [9.17, 15) is 0 Å². The van der Waals surface area contributed by atoms with Crippen LogP contribution < -0.4 is 10.6 Å². The number of nitrogens with one attached hydrogen (secondary N) is 3. The summed E-state index contributed by atoms with van der Waals surface area (Å²) in [7, 11) is 3.95. The maximum atomic E-state index is 4.47. The molecule has 0 saturated carbocycles. The highest BCUT2D eigenvalue weighted by Crippen LogP contribution is 2.19. The van der Waals surface area contributed by atoms with Gasteiger partial charge in [0.1, 0.15) is 5.82 Å².